The summed E-state index contributed by atoms with van der Waals surface area (Å²) < 4.78 is 21.1. The SMILES string of the molecule is COc1ccc(-c2cnc3c(Nc4ccc(C(=O)C5=CCCNC(CO)C5)c(C)c4)nccn23)cc1F. The van der Waals surface area contributed by atoms with Crippen LogP contribution in [0.4, 0.5) is 15.9 Å². The van der Waals surface area contributed by atoms with E-state index >= 15 is 0 Å². The van der Waals surface area contributed by atoms with Crippen LogP contribution in [0.3, 0.4) is 0 Å². The predicted molar refractivity (Wildman–Crippen MR) is 140 cm³/mol. The molecule has 2 aromatic heterocycles. The number of ether oxygens (including phenoxy) is 1. The van der Waals surface area contributed by atoms with Gasteiger partial charge in [0.05, 0.1) is 25.6 Å². The van der Waals surface area contributed by atoms with Gasteiger partial charge in [-0.2, -0.15) is 0 Å². The van der Waals surface area contributed by atoms with E-state index in [9.17, 15) is 14.3 Å². The van der Waals surface area contributed by atoms with E-state index in [0.29, 0.717) is 34.7 Å². The normalized spacial score (nSPS) is 15.8. The second-order valence-corrected chi connectivity index (χ2v) is 9.00. The number of aliphatic hydroxyl groups is 1. The number of aromatic nitrogens is 3. The van der Waals surface area contributed by atoms with Crippen molar-refractivity contribution in [1.82, 2.24) is 19.7 Å². The van der Waals surface area contributed by atoms with Crippen LogP contribution in [0.1, 0.15) is 28.8 Å². The Hall–Kier alpha value is -4.08. The molecule has 1 unspecified atom stereocenters. The number of carbonyl (C=O) groups is 1. The topological polar surface area (TPSA) is 101 Å². The van der Waals surface area contributed by atoms with E-state index in [1.54, 1.807) is 30.7 Å². The molecule has 0 fully saturated rings. The molecular formula is C28H28FN5O3. The van der Waals surface area contributed by atoms with Crippen LogP contribution in [-0.4, -0.2) is 51.6 Å². The van der Waals surface area contributed by atoms with Gasteiger partial charge in [0.1, 0.15) is 0 Å². The van der Waals surface area contributed by atoms with Crippen molar-refractivity contribution in [3.05, 3.63) is 83.6 Å². The van der Waals surface area contributed by atoms with Crippen molar-refractivity contribution in [2.45, 2.75) is 25.8 Å². The number of hydrogen-bond donors (Lipinski definition) is 3. The standard InChI is InChI=1S/C28H28FN5O3/c1-17-12-20(6-7-22(17)26(36)19-4-3-9-30-21(13-19)16-35)33-27-28-32-15-24(34(28)11-10-31-27)18-5-8-25(37-2)23(29)14-18/h4-8,10-12,14-15,21,30,35H,3,9,13,16H2,1-2H3,(H,31,33). The van der Waals surface area contributed by atoms with Crippen molar-refractivity contribution in [2.24, 2.45) is 0 Å². The Morgan fingerprint density at radius 3 is 2.89 bits per heavy atom. The Morgan fingerprint density at radius 1 is 1.27 bits per heavy atom. The van der Waals surface area contributed by atoms with Gasteiger partial charge in [-0.25, -0.2) is 14.4 Å². The number of Topliss-reactive ketones (excluding diaryl/α,β-unsaturated/α-hetero) is 1. The minimum Gasteiger partial charge on any atom is -0.494 e. The highest BCUT2D eigenvalue weighted by Crippen LogP contribution is 2.29. The summed E-state index contributed by atoms with van der Waals surface area (Å²) in [5.41, 5.74) is 4.90. The summed E-state index contributed by atoms with van der Waals surface area (Å²) in [7, 11) is 1.43. The fraction of sp³-hybridized carbons (Fsp3) is 0.250. The molecule has 190 valence electrons. The van der Waals surface area contributed by atoms with Gasteiger partial charge in [-0.3, -0.25) is 9.20 Å². The van der Waals surface area contributed by atoms with Gasteiger partial charge in [0, 0.05) is 35.2 Å². The van der Waals surface area contributed by atoms with Crippen molar-refractivity contribution >= 4 is 22.9 Å². The van der Waals surface area contributed by atoms with Crippen molar-refractivity contribution in [3.8, 4) is 17.0 Å². The summed E-state index contributed by atoms with van der Waals surface area (Å²) in [6, 6.07) is 10.2. The molecule has 1 aliphatic rings. The molecular weight excluding hydrogens is 473 g/mol. The smallest absolute Gasteiger partial charge is 0.189 e. The van der Waals surface area contributed by atoms with Crippen molar-refractivity contribution in [2.75, 3.05) is 25.6 Å². The molecule has 37 heavy (non-hydrogen) atoms. The largest absolute Gasteiger partial charge is 0.494 e. The van der Waals surface area contributed by atoms with Crippen LogP contribution in [-0.2, 0) is 0 Å². The molecule has 0 saturated carbocycles. The third-order valence-corrected chi connectivity index (χ3v) is 6.56. The minimum absolute atomic E-state index is 0.00605. The second kappa shape index (κ2) is 10.5. The van der Waals surface area contributed by atoms with Crippen molar-refractivity contribution in [3.63, 3.8) is 0 Å². The van der Waals surface area contributed by atoms with Gasteiger partial charge >= 0.3 is 0 Å². The van der Waals surface area contributed by atoms with Crippen LogP contribution < -0.4 is 15.4 Å². The molecule has 0 aliphatic carbocycles. The number of aliphatic hydroxyl groups excluding tert-OH is 1. The maximum atomic E-state index is 14.3. The van der Waals surface area contributed by atoms with Gasteiger partial charge in [-0.05, 0) is 73.8 Å². The summed E-state index contributed by atoms with van der Waals surface area (Å²) in [5.74, 6) is 0.245. The lowest BCUT2D eigenvalue weighted by Gasteiger charge is -2.15. The number of imidazole rings is 1. The number of anilines is 2. The molecule has 1 atom stereocenters. The van der Waals surface area contributed by atoms with Crippen LogP contribution >= 0.6 is 0 Å². The summed E-state index contributed by atoms with van der Waals surface area (Å²) in [5, 5.41) is 16.1. The van der Waals surface area contributed by atoms with E-state index in [0.717, 1.165) is 29.8 Å². The molecule has 0 radical (unpaired) electrons. The number of fused-ring (bicyclic) bond motifs is 1. The number of nitrogens with one attached hydrogen (secondary N) is 2. The molecule has 1 aliphatic heterocycles. The zero-order chi connectivity index (χ0) is 25.9. The predicted octanol–water partition coefficient (Wildman–Crippen LogP) is 4.45. The lowest BCUT2D eigenvalue weighted by Crippen LogP contribution is -2.32. The number of hydrogen-bond acceptors (Lipinski definition) is 7. The van der Waals surface area contributed by atoms with Gasteiger partial charge in [-0.1, -0.05) is 6.08 Å². The number of ketones is 1. The number of rotatable bonds is 7. The van der Waals surface area contributed by atoms with Gasteiger partial charge in [0.2, 0.25) is 0 Å². The molecule has 0 bridgehead atoms. The number of aryl methyl sites for hydroxylation is 1. The number of carbonyl (C=O) groups excluding carboxylic acids is 1. The van der Waals surface area contributed by atoms with Gasteiger partial charge in [0.15, 0.2) is 28.8 Å². The molecule has 3 heterocycles. The molecule has 8 nitrogen and oxygen atoms in total. The fourth-order valence-corrected chi connectivity index (χ4v) is 4.62. The Labute approximate surface area is 213 Å². The Balaban J connectivity index is 1.40. The van der Waals surface area contributed by atoms with E-state index in [1.165, 1.54) is 13.2 Å². The van der Waals surface area contributed by atoms with E-state index in [2.05, 4.69) is 20.6 Å². The highest BCUT2D eigenvalue weighted by molar-refractivity contribution is 6.10. The first kappa shape index (κ1) is 24.6. The Bertz CT molecular complexity index is 1500. The van der Waals surface area contributed by atoms with Crippen molar-refractivity contribution in [1.29, 1.82) is 0 Å². The number of nitrogens with zero attached hydrogens (tertiary/aromatic N) is 3. The average Bonchev–Trinajstić information content (AvgIpc) is 3.19. The highest BCUT2D eigenvalue weighted by Gasteiger charge is 2.21. The van der Waals surface area contributed by atoms with Crippen LogP contribution in [0.25, 0.3) is 16.9 Å². The van der Waals surface area contributed by atoms with Gasteiger partial charge in [0.25, 0.3) is 0 Å². The van der Waals surface area contributed by atoms with E-state index in [1.807, 2.05) is 35.6 Å². The number of halogens is 1. The average molecular weight is 502 g/mol. The van der Waals surface area contributed by atoms with Crippen LogP contribution in [0.15, 0.2) is 66.6 Å². The number of methoxy groups -OCH3 is 1. The van der Waals surface area contributed by atoms with Crippen molar-refractivity contribution < 1.29 is 19.0 Å². The minimum atomic E-state index is -0.449. The molecule has 0 saturated heterocycles. The first-order valence-corrected chi connectivity index (χ1v) is 12.1. The van der Waals surface area contributed by atoms with E-state index < -0.39 is 5.82 Å². The Kier molecular flexibility index (Phi) is 6.98. The molecule has 3 N–H and O–H groups in total. The monoisotopic (exact) mass is 501 g/mol. The van der Waals surface area contributed by atoms with Crippen LogP contribution in [0, 0.1) is 12.7 Å². The maximum Gasteiger partial charge on any atom is 0.189 e. The second-order valence-electron chi connectivity index (χ2n) is 9.00. The maximum absolute atomic E-state index is 14.3. The quantitative estimate of drug-likeness (QED) is 0.322. The van der Waals surface area contributed by atoms with Gasteiger partial charge < -0.3 is 20.5 Å². The summed E-state index contributed by atoms with van der Waals surface area (Å²) in [4.78, 5) is 22.2. The summed E-state index contributed by atoms with van der Waals surface area (Å²) in [6.07, 6.45) is 8.31. The van der Waals surface area contributed by atoms with Crippen LogP contribution in [0.2, 0.25) is 0 Å². The van der Waals surface area contributed by atoms with Gasteiger partial charge in [-0.15, -0.1) is 0 Å². The molecule has 0 spiro atoms. The first-order chi connectivity index (χ1) is 18.0. The first-order valence-electron chi connectivity index (χ1n) is 12.1. The summed E-state index contributed by atoms with van der Waals surface area (Å²) >= 11 is 0. The van der Waals surface area contributed by atoms with E-state index in [-0.39, 0.29) is 24.2 Å². The fourth-order valence-electron chi connectivity index (χ4n) is 4.62. The number of benzene rings is 2. The lowest BCUT2D eigenvalue weighted by atomic mass is 9.94. The zero-order valence-corrected chi connectivity index (χ0v) is 20.7. The molecule has 5 rings (SSSR count). The van der Waals surface area contributed by atoms with E-state index in [4.69, 9.17) is 4.74 Å². The molecule has 2 aromatic carbocycles. The molecule has 9 heteroatoms. The Morgan fingerprint density at radius 2 is 2.14 bits per heavy atom. The molecule has 4 aromatic rings. The summed E-state index contributed by atoms with van der Waals surface area (Å²) in [6.45, 7) is 2.64. The lowest BCUT2D eigenvalue weighted by molar-refractivity contribution is 0.102. The molecule has 0 amide bonds. The van der Waals surface area contributed by atoms with Crippen LogP contribution in [0.5, 0.6) is 5.75 Å². The highest BCUT2D eigenvalue weighted by atomic mass is 19.1. The third-order valence-electron chi connectivity index (χ3n) is 6.56. The third kappa shape index (κ3) is 4.96. The zero-order valence-electron chi connectivity index (χ0n) is 20.7.